The molecule has 0 aliphatic carbocycles. The summed E-state index contributed by atoms with van der Waals surface area (Å²) in [7, 11) is -4.66. The summed E-state index contributed by atoms with van der Waals surface area (Å²) in [5, 5.41) is 5.26. The van der Waals surface area contributed by atoms with E-state index in [0.717, 1.165) is 10.5 Å². The van der Waals surface area contributed by atoms with Gasteiger partial charge in [0, 0.05) is 49.6 Å². The van der Waals surface area contributed by atoms with Crippen LogP contribution in [0.3, 0.4) is 0 Å². The van der Waals surface area contributed by atoms with Crippen LogP contribution in [0.4, 0.5) is 5.69 Å². The first-order valence-electron chi connectivity index (χ1n) is 16.6. The fraction of sp³-hybridized carbons (Fsp3) is 0.571. The second kappa shape index (κ2) is 18.7. The second-order valence-corrected chi connectivity index (χ2v) is 15.5. The number of carbonyl (C=O) groups is 7. The molecule has 14 nitrogen and oxygen atoms in total. The molecule has 1 aromatic carbocycles. The zero-order chi connectivity index (χ0) is 37.8. The van der Waals surface area contributed by atoms with Crippen molar-refractivity contribution in [1.82, 2.24) is 10.2 Å². The van der Waals surface area contributed by atoms with Gasteiger partial charge in [0.15, 0.2) is 5.78 Å². The number of anilines is 1. The van der Waals surface area contributed by atoms with E-state index in [9.17, 15) is 46.5 Å². The van der Waals surface area contributed by atoms with Crippen LogP contribution in [0.2, 0.25) is 0 Å². The molecule has 0 unspecified atom stereocenters. The third-order valence-corrected chi connectivity index (χ3v) is 8.79. The van der Waals surface area contributed by atoms with Crippen LogP contribution < -0.4 is 10.6 Å². The summed E-state index contributed by atoms with van der Waals surface area (Å²) in [5.41, 5.74) is 0.541. The molecular formula is C35H49N3O11S. The van der Waals surface area contributed by atoms with E-state index >= 15 is 0 Å². The number of ether oxygens (including phenoxy) is 1. The molecule has 1 aliphatic rings. The Morgan fingerprint density at radius 3 is 2.02 bits per heavy atom. The summed E-state index contributed by atoms with van der Waals surface area (Å²) in [6.07, 6.45) is 2.94. The molecule has 2 rings (SSSR count). The minimum atomic E-state index is -4.66. The first kappa shape index (κ1) is 41.9. The van der Waals surface area contributed by atoms with Gasteiger partial charge in [-0.15, -0.1) is 0 Å². The highest BCUT2D eigenvalue weighted by Crippen LogP contribution is 2.19. The molecule has 3 N–H and O–H groups in total. The van der Waals surface area contributed by atoms with Crippen molar-refractivity contribution in [3.05, 3.63) is 42.0 Å². The maximum atomic E-state index is 13.3. The predicted molar refractivity (Wildman–Crippen MR) is 184 cm³/mol. The molecule has 1 aliphatic heterocycles. The zero-order valence-electron chi connectivity index (χ0n) is 29.5. The third-order valence-electron chi connectivity index (χ3n) is 7.96. The lowest BCUT2D eigenvalue weighted by Gasteiger charge is -2.25. The molecule has 15 heteroatoms. The molecule has 4 amide bonds. The van der Waals surface area contributed by atoms with E-state index in [1.165, 1.54) is 12.2 Å². The summed E-state index contributed by atoms with van der Waals surface area (Å²) in [6, 6.07) is 5.56. The largest absolute Gasteiger partial charge is 0.460 e. The lowest BCUT2D eigenvalue weighted by Crippen LogP contribution is -2.48. The van der Waals surface area contributed by atoms with Crippen molar-refractivity contribution in [1.29, 1.82) is 0 Å². The highest BCUT2D eigenvalue weighted by Gasteiger charge is 2.33. The number of amides is 4. The summed E-state index contributed by atoms with van der Waals surface area (Å²) in [4.78, 5) is 88.4. The van der Waals surface area contributed by atoms with Crippen LogP contribution >= 0.6 is 0 Å². The van der Waals surface area contributed by atoms with Crippen molar-refractivity contribution in [2.45, 2.75) is 92.7 Å². The third kappa shape index (κ3) is 14.3. The van der Waals surface area contributed by atoms with Gasteiger partial charge in [-0.25, -0.2) is 0 Å². The smallest absolute Gasteiger partial charge is 0.311 e. The van der Waals surface area contributed by atoms with Crippen LogP contribution in [-0.4, -0.2) is 77.4 Å². The molecule has 3 atom stereocenters. The number of ketones is 2. The van der Waals surface area contributed by atoms with E-state index in [2.05, 4.69) is 10.6 Å². The van der Waals surface area contributed by atoms with E-state index in [0.29, 0.717) is 24.9 Å². The van der Waals surface area contributed by atoms with Gasteiger partial charge in [-0.05, 0) is 57.2 Å². The van der Waals surface area contributed by atoms with Gasteiger partial charge in [0.05, 0.1) is 23.1 Å². The minimum absolute atomic E-state index is 0.00193. The van der Waals surface area contributed by atoms with Gasteiger partial charge >= 0.3 is 5.97 Å². The zero-order valence-corrected chi connectivity index (χ0v) is 30.3. The first-order chi connectivity index (χ1) is 23.2. The summed E-state index contributed by atoms with van der Waals surface area (Å²) in [6.45, 7) is 10.4. The Labute approximate surface area is 293 Å². The molecule has 276 valence electrons. The minimum Gasteiger partial charge on any atom is -0.460 e. The van der Waals surface area contributed by atoms with Crippen molar-refractivity contribution in [3.8, 4) is 0 Å². The summed E-state index contributed by atoms with van der Waals surface area (Å²) < 4.78 is 38.2. The molecule has 1 heterocycles. The Bertz CT molecular complexity index is 1540. The molecule has 0 saturated carbocycles. The number of Topliss-reactive ketones (excluding diaryl/α,β-unsaturated/α-hetero) is 2. The van der Waals surface area contributed by atoms with Crippen molar-refractivity contribution < 1.29 is 51.3 Å². The van der Waals surface area contributed by atoms with Gasteiger partial charge in [-0.3, -0.25) is 43.0 Å². The van der Waals surface area contributed by atoms with E-state index in [1.54, 1.807) is 65.8 Å². The summed E-state index contributed by atoms with van der Waals surface area (Å²) in [5.74, 6) is -7.14. The standard InChI is InChI=1S/C35H49N3O11S/c1-22(2)31(28(40)18-23(3)32(43)36-26-13-11-24(12-14-26)20-49-34(45)35(4,5)6)37-33(44)25(21-50(46,47)48)19-27(39)10-8-7-9-17-38-29(41)15-16-30(38)42/h11-16,22-23,25,31H,7-10,17-21H2,1-6H3,(H,36,43)(H,37,44)(H,46,47,48)/t23-,25+,31+/m0/s1. The molecule has 0 bridgehead atoms. The van der Waals surface area contributed by atoms with Gasteiger partial charge < -0.3 is 15.4 Å². The maximum Gasteiger partial charge on any atom is 0.311 e. The average Bonchev–Trinajstić information content (AvgIpc) is 3.33. The van der Waals surface area contributed by atoms with Crippen LogP contribution in [0, 0.1) is 23.2 Å². The van der Waals surface area contributed by atoms with Crippen molar-refractivity contribution >= 4 is 57.0 Å². The molecule has 0 fully saturated rings. The number of esters is 1. The Hall–Kier alpha value is -4.24. The van der Waals surface area contributed by atoms with Crippen molar-refractivity contribution in [3.63, 3.8) is 0 Å². The maximum absolute atomic E-state index is 13.3. The first-order valence-corrected chi connectivity index (χ1v) is 18.2. The fourth-order valence-electron chi connectivity index (χ4n) is 5.01. The molecule has 0 aromatic heterocycles. The number of nitrogens with one attached hydrogen (secondary N) is 2. The van der Waals surface area contributed by atoms with Crippen molar-refractivity contribution in [2.75, 3.05) is 17.6 Å². The fourth-order valence-corrected chi connectivity index (χ4v) is 5.78. The number of benzene rings is 1. The Kier molecular flexibility index (Phi) is 15.7. The van der Waals surface area contributed by atoms with Crippen LogP contribution in [0.1, 0.15) is 85.6 Å². The quantitative estimate of drug-likeness (QED) is 0.0770. The number of unbranched alkanes of at least 4 members (excludes halogenated alkanes) is 2. The van der Waals surface area contributed by atoms with E-state index in [1.807, 2.05) is 0 Å². The van der Waals surface area contributed by atoms with E-state index in [-0.39, 0.29) is 32.0 Å². The van der Waals surface area contributed by atoms with Crippen LogP contribution in [0.25, 0.3) is 0 Å². The van der Waals surface area contributed by atoms with Gasteiger partial charge in [0.2, 0.25) is 11.8 Å². The SMILES string of the molecule is CC(C)[C@@H](NC(=O)[C@H](CC(=O)CCCCCN1C(=O)C=CC1=O)CS(=O)(=O)O)C(=O)C[C@H](C)C(=O)Nc1ccc(COC(=O)C(C)(C)C)cc1. The van der Waals surface area contributed by atoms with Crippen LogP contribution in [-0.2, 0) is 55.0 Å². The number of hydrogen-bond donors (Lipinski definition) is 3. The molecule has 50 heavy (non-hydrogen) atoms. The normalized spacial score (nSPS) is 15.1. The van der Waals surface area contributed by atoms with Crippen molar-refractivity contribution in [2.24, 2.45) is 23.2 Å². The monoisotopic (exact) mass is 719 g/mol. The lowest BCUT2D eigenvalue weighted by atomic mass is 9.91. The topological polar surface area (TPSA) is 210 Å². The number of rotatable bonds is 20. The van der Waals surface area contributed by atoms with Gasteiger partial charge in [-0.2, -0.15) is 8.42 Å². The second-order valence-electron chi connectivity index (χ2n) is 14.0. The van der Waals surface area contributed by atoms with Gasteiger partial charge in [0.25, 0.3) is 21.9 Å². The van der Waals surface area contributed by atoms with Gasteiger partial charge in [-0.1, -0.05) is 39.3 Å². The van der Waals surface area contributed by atoms with Gasteiger partial charge in [0.1, 0.15) is 12.4 Å². The van der Waals surface area contributed by atoms with Crippen LogP contribution in [0.15, 0.2) is 36.4 Å². The molecule has 0 spiro atoms. The number of carbonyl (C=O) groups excluding carboxylic acids is 7. The number of nitrogens with zero attached hydrogens (tertiary/aromatic N) is 1. The number of imide groups is 1. The molecule has 1 aromatic rings. The highest BCUT2D eigenvalue weighted by molar-refractivity contribution is 7.85. The Morgan fingerprint density at radius 1 is 0.880 bits per heavy atom. The summed E-state index contributed by atoms with van der Waals surface area (Å²) >= 11 is 0. The highest BCUT2D eigenvalue weighted by atomic mass is 32.2. The average molecular weight is 720 g/mol. The van der Waals surface area contributed by atoms with Crippen LogP contribution in [0.5, 0.6) is 0 Å². The molecule has 0 saturated heterocycles. The lowest BCUT2D eigenvalue weighted by molar-refractivity contribution is -0.154. The molecule has 0 radical (unpaired) electrons. The van der Waals surface area contributed by atoms with E-state index in [4.69, 9.17) is 4.74 Å². The number of hydrogen-bond acceptors (Lipinski definition) is 10. The van der Waals surface area contributed by atoms with E-state index < -0.39 is 86.7 Å². The predicted octanol–water partition coefficient (Wildman–Crippen LogP) is 3.40. The Morgan fingerprint density at radius 2 is 1.48 bits per heavy atom. The molecular weight excluding hydrogens is 670 g/mol. The Balaban J connectivity index is 1.92.